The number of ether oxygens (including phenoxy) is 1. The Labute approximate surface area is 221 Å². The van der Waals surface area contributed by atoms with Gasteiger partial charge in [-0.25, -0.2) is 0 Å². The van der Waals surface area contributed by atoms with Crippen LogP contribution in [0.15, 0.2) is 46.5 Å². The minimum absolute atomic E-state index is 0.157. The highest BCUT2D eigenvalue weighted by molar-refractivity contribution is 9.10. The van der Waals surface area contributed by atoms with Crippen molar-refractivity contribution in [3.8, 4) is 11.8 Å². The molecule has 1 aliphatic carbocycles. The molecule has 1 aromatic carbocycles. The van der Waals surface area contributed by atoms with Gasteiger partial charge < -0.3 is 10.1 Å². The Bertz CT molecular complexity index is 1250. The number of anilines is 1. The van der Waals surface area contributed by atoms with E-state index in [0.29, 0.717) is 28.1 Å². The molecule has 35 heavy (non-hydrogen) atoms. The Balaban J connectivity index is 1.43. The van der Waals surface area contributed by atoms with Crippen LogP contribution in [0, 0.1) is 11.3 Å². The molecule has 0 fully saturated rings. The Morgan fingerprint density at radius 1 is 1.34 bits per heavy atom. The molecule has 1 atom stereocenters. The van der Waals surface area contributed by atoms with Crippen LogP contribution >= 0.6 is 39.0 Å². The van der Waals surface area contributed by atoms with Gasteiger partial charge in [-0.3, -0.25) is 9.36 Å². The molecule has 0 spiro atoms. The Kier molecular flexibility index (Phi) is 8.65. The van der Waals surface area contributed by atoms with Crippen molar-refractivity contribution < 1.29 is 9.53 Å². The van der Waals surface area contributed by atoms with Crippen molar-refractivity contribution in [3.63, 3.8) is 0 Å². The number of benzene rings is 1. The van der Waals surface area contributed by atoms with Crippen molar-refractivity contribution in [2.45, 2.75) is 56.8 Å². The topological polar surface area (TPSA) is 92.8 Å². The van der Waals surface area contributed by atoms with Gasteiger partial charge in [0.2, 0.25) is 5.91 Å². The van der Waals surface area contributed by atoms with Crippen molar-refractivity contribution in [1.29, 1.82) is 5.26 Å². The zero-order chi connectivity index (χ0) is 24.8. The van der Waals surface area contributed by atoms with Crippen molar-refractivity contribution in [2.75, 3.05) is 11.1 Å². The molecule has 0 radical (unpaired) electrons. The predicted molar refractivity (Wildman–Crippen MR) is 143 cm³/mol. The molecule has 2 heterocycles. The fourth-order valence-corrected chi connectivity index (χ4v) is 6.30. The molecule has 1 amide bonds. The maximum absolute atomic E-state index is 12.8. The highest BCUT2D eigenvalue weighted by Gasteiger charge is 2.23. The van der Waals surface area contributed by atoms with Gasteiger partial charge in [0.15, 0.2) is 17.1 Å². The average Bonchev–Trinajstić information content (AvgIpc) is 3.31. The number of fused-ring (bicyclic) bond motifs is 1. The predicted octanol–water partition coefficient (Wildman–Crippen LogP) is 6.30. The van der Waals surface area contributed by atoms with E-state index in [4.69, 9.17) is 4.74 Å². The number of halogens is 1. The van der Waals surface area contributed by atoms with Gasteiger partial charge in [0.25, 0.3) is 0 Å². The summed E-state index contributed by atoms with van der Waals surface area (Å²) in [5.74, 6) is 1.37. The molecule has 10 heteroatoms. The molecule has 7 nitrogen and oxygen atoms in total. The van der Waals surface area contributed by atoms with Crippen LogP contribution in [0.1, 0.15) is 54.1 Å². The second kappa shape index (κ2) is 11.9. The molecular weight excluding hydrogens is 546 g/mol. The molecule has 0 saturated heterocycles. The summed E-state index contributed by atoms with van der Waals surface area (Å²) < 4.78 is 8.92. The lowest BCUT2D eigenvalue weighted by Gasteiger charge is -2.15. The van der Waals surface area contributed by atoms with E-state index in [2.05, 4.69) is 44.1 Å². The average molecular weight is 573 g/mol. The molecule has 0 aliphatic heterocycles. The maximum Gasteiger partial charge on any atom is 0.235 e. The van der Waals surface area contributed by atoms with Crippen molar-refractivity contribution >= 4 is 49.9 Å². The van der Waals surface area contributed by atoms with Gasteiger partial charge in [-0.05, 0) is 62.4 Å². The number of rotatable bonds is 9. The molecule has 1 aliphatic rings. The van der Waals surface area contributed by atoms with Crippen LogP contribution in [0.2, 0.25) is 0 Å². The largest absolute Gasteiger partial charge is 0.483 e. The first-order chi connectivity index (χ1) is 17.0. The summed E-state index contributed by atoms with van der Waals surface area (Å²) in [5.41, 5.74) is 1.74. The number of nitrogens with zero attached hydrogens (tertiary/aromatic N) is 4. The highest BCUT2D eigenvalue weighted by atomic mass is 79.9. The summed E-state index contributed by atoms with van der Waals surface area (Å²) in [7, 11) is 0. The van der Waals surface area contributed by atoms with E-state index in [0.717, 1.165) is 41.5 Å². The van der Waals surface area contributed by atoms with Crippen molar-refractivity contribution in [1.82, 2.24) is 14.8 Å². The SMILES string of the molecule is C=CCn1c(SCC(=O)Nc2sc3c(c2C#N)CCCCC3)nnc1C(C)Oc1ccc(Br)cc1. The van der Waals surface area contributed by atoms with Crippen LogP contribution in [0.25, 0.3) is 0 Å². The third-order valence-corrected chi connectivity index (χ3v) is 8.37. The van der Waals surface area contributed by atoms with Crippen LogP contribution in [-0.2, 0) is 24.2 Å². The standard InChI is InChI=1S/C25H26BrN5O2S2/c1-3-13-31-23(16(2)33-18-11-9-17(26)10-12-18)29-30-25(31)34-15-22(32)28-24-20(14-27)19-7-5-4-6-8-21(19)35-24/h3,9-12,16H,1,4-8,13,15H2,2H3,(H,28,32). The van der Waals surface area contributed by atoms with E-state index >= 15 is 0 Å². The molecule has 182 valence electrons. The summed E-state index contributed by atoms with van der Waals surface area (Å²) in [6.07, 6.45) is 6.72. The van der Waals surface area contributed by atoms with E-state index in [1.807, 2.05) is 35.8 Å². The summed E-state index contributed by atoms with van der Waals surface area (Å²) in [4.78, 5) is 14.0. The number of aromatic nitrogens is 3. The number of allylic oxidation sites excluding steroid dienone is 1. The molecule has 0 saturated carbocycles. The van der Waals surface area contributed by atoms with Crippen LogP contribution in [0.3, 0.4) is 0 Å². The number of amides is 1. The highest BCUT2D eigenvalue weighted by Crippen LogP contribution is 2.37. The van der Waals surface area contributed by atoms with E-state index < -0.39 is 0 Å². The third kappa shape index (κ3) is 6.15. The van der Waals surface area contributed by atoms with E-state index in [1.165, 1.54) is 23.1 Å². The third-order valence-electron chi connectivity index (χ3n) is 5.67. The van der Waals surface area contributed by atoms with Gasteiger partial charge in [0.05, 0.1) is 11.3 Å². The summed E-state index contributed by atoms with van der Waals surface area (Å²) in [6.45, 7) is 6.25. The van der Waals surface area contributed by atoms with E-state index in [1.54, 1.807) is 17.4 Å². The number of nitriles is 1. The van der Waals surface area contributed by atoms with Gasteiger partial charge in [0, 0.05) is 15.9 Å². The molecule has 2 aromatic heterocycles. The van der Waals surface area contributed by atoms with Gasteiger partial charge in [-0.15, -0.1) is 28.1 Å². The summed E-state index contributed by atoms with van der Waals surface area (Å²) >= 11 is 6.27. The fourth-order valence-electron chi connectivity index (χ4n) is 4.02. The first-order valence-corrected chi connectivity index (χ1v) is 14.0. The smallest absolute Gasteiger partial charge is 0.235 e. The lowest BCUT2D eigenvalue weighted by atomic mass is 10.1. The molecular formula is C25H26BrN5O2S2. The lowest BCUT2D eigenvalue weighted by Crippen LogP contribution is -2.15. The molecule has 1 unspecified atom stereocenters. The zero-order valence-electron chi connectivity index (χ0n) is 19.4. The first kappa shape index (κ1) is 25.5. The van der Waals surface area contributed by atoms with Crippen LogP contribution in [0.4, 0.5) is 5.00 Å². The monoisotopic (exact) mass is 571 g/mol. The van der Waals surface area contributed by atoms with Gasteiger partial charge in [-0.1, -0.05) is 40.2 Å². The number of thiophene rings is 1. The minimum atomic E-state index is -0.341. The minimum Gasteiger partial charge on any atom is -0.483 e. The quantitative estimate of drug-likeness (QED) is 0.184. The van der Waals surface area contributed by atoms with Crippen molar-refractivity contribution in [3.05, 3.63) is 63.2 Å². The number of nitrogens with one attached hydrogen (secondary N) is 1. The van der Waals surface area contributed by atoms with Crippen LogP contribution in [-0.4, -0.2) is 26.4 Å². The first-order valence-electron chi connectivity index (χ1n) is 11.4. The van der Waals surface area contributed by atoms with Crippen LogP contribution < -0.4 is 10.1 Å². The van der Waals surface area contributed by atoms with E-state index in [-0.39, 0.29) is 17.8 Å². The number of carbonyl (C=O) groups excluding carboxylic acids is 1. The number of thioether (sulfide) groups is 1. The second-order valence-electron chi connectivity index (χ2n) is 8.17. The number of hydrogen-bond acceptors (Lipinski definition) is 7. The molecule has 1 N–H and O–H groups in total. The van der Waals surface area contributed by atoms with Gasteiger partial charge in [0.1, 0.15) is 16.8 Å². The summed E-state index contributed by atoms with van der Waals surface area (Å²) in [6, 6.07) is 9.91. The van der Waals surface area contributed by atoms with Crippen molar-refractivity contribution in [2.24, 2.45) is 0 Å². The molecule has 4 rings (SSSR count). The lowest BCUT2D eigenvalue weighted by molar-refractivity contribution is -0.113. The fraction of sp³-hybridized carbons (Fsp3) is 0.360. The van der Waals surface area contributed by atoms with Crippen LogP contribution in [0.5, 0.6) is 5.75 Å². The number of aryl methyl sites for hydroxylation is 1. The Morgan fingerprint density at radius 3 is 2.86 bits per heavy atom. The van der Waals surface area contributed by atoms with E-state index in [9.17, 15) is 10.1 Å². The normalized spacial score (nSPS) is 13.9. The van der Waals surface area contributed by atoms with Gasteiger partial charge >= 0.3 is 0 Å². The Morgan fingerprint density at radius 2 is 2.11 bits per heavy atom. The number of carbonyl (C=O) groups is 1. The maximum atomic E-state index is 12.8. The number of hydrogen-bond donors (Lipinski definition) is 1. The van der Waals surface area contributed by atoms with Gasteiger partial charge in [-0.2, -0.15) is 5.26 Å². The zero-order valence-corrected chi connectivity index (χ0v) is 22.6. The second-order valence-corrected chi connectivity index (χ2v) is 11.1. The molecule has 0 bridgehead atoms. The molecule has 3 aromatic rings. The Hall–Kier alpha value is -2.61. The summed E-state index contributed by atoms with van der Waals surface area (Å²) in [5, 5.41) is 22.6.